The summed E-state index contributed by atoms with van der Waals surface area (Å²) in [6.07, 6.45) is 7.13. The molecule has 1 aliphatic rings. The average Bonchev–Trinajstić information content (AvgIpc) is 2.10. The summed E-state index contributed by atoms with van der Waals surface area (Å²) in [7, 11) is 0. The predicted molar refractivity (Wildman–Crippen MR) is 55.2 cm³/mol. The first kappa shape index (κ1) is 10.1. The Hall–Kier alpha value is 0. The van der Waals surface area contributed by atoms with E-state index in [1.165, 1.54) is 32.1 Å². The van der Waals surface area contributed by atoms with Gasteiger partial charge in [-0.2, -0.15) is 0 Å². The van der Waals surface area contributed by atoms with Gasteiger partial charge in [-0.1, -0.05) is 47.0 Å². The highest BCUT2D eigenvalue weighted by atomic mass is 14.5. The normalized spacial score (nSPS) is 41.0. The molecule has 1 rings (SSSR count). The fraction of sp³-hybridized carbons (Fsp3) is 1.00. The summed E-state index contributed by atoms with van der Waals surface area (Å²) in [6, 6.07) is 0. The largest absolute Gasteiger partial charge is 0.0654 e. The molecule has 0 spiro atoms. The van der Waals surface area contributed by atoms with Gasteiger partial charge in [-0.15, -0.1) is 0 Å². The molecule has 0 aromatic carbocycles. The highest BCUT2D eigenvalue weighted by molar-refractivity contribution is 4.95. The van der Waals surface area contributed by atoms with Crippen LogP contribution in [0.25, 0.3) is 0 Å². The monoisotopic (exact) mass is 168 g/mol. The zero-order valence-corrected chi connectivity index (χ0v) is 9.19. The van der Waals surface area contributed by atoms with E-state index >= 15 is 0 Å². The maximum atomic E-state index is 2.49. The first-order valence-corrected chi connectivity index (χ1v) is 5.64. The molecule has 3 unspecified atom stereocenters. The standard InChI is InChI=1S/C12H24/c1-5-7-8-12(4)9-11(6-2)10(12)3/h10-11H,5-9H2,1-4H3. The van der Waals surface area contributed by atoms with E-state index in [2.05, 4.69) is 27.7 Å². The van der Waals surface area contributed by atoms with Crippen LogP contribution in [0.5, 0.6) is 0 Å². The highest BCUT2D eigenvalue weighted by Gasteiger charge is 2.45. The van der Waals surface area contributed by atoms with Gasteiger partial charge in [0.2, 0.25) is 0 Å². The van der Waals surface area contributed by atoms with Gasteiger partial charge in [0.25, 0.3) is 0 Å². The maximum absolute atomic E-state index is 2.49. The summed E-state index contributed by atoms with van der Waals surface area (Å²) in [6.45, 7) is 9.57. The lowest BCUT2D eigenvalue weighted by Crippen LogP contribution is -2.43. The lowest BCUT2D eigenvalue weighted by Gasteiger charge is -2.52. The molecule has 3 atom stereocenters. The summed E-state index contributed by atoms with van der Waals surface area (Å²) in [5, 5.41) is 0. The first-order valence-electron chi connectivity index (χ1n) is 5.64. The second-order valence-electron chi connectivity index (χ2n) is 4.92. The quantitative estimate of drug-likeness (QED) is 0.588. The van der Waals surface area contributed by atoms with E-state index in [1.807, 2.05) is 0 Å². The van der Waals surface area contributed by atoms with Gasteiger partial charge < -0.3 is 0 Å². The van der Waals surface area contributed by atoms with Gasteiger partial charge in [0.15, 0.2) is 0 Å². The van der Waals surface area contributed by atoms with Crippen LogP contribution in [0.1, 0.15) is 59.8 Å². The van der Waals surface area contributed by atoms with Crippen molar-refractivity contribution in [1.82, 2.24) is 0 Å². The van der Waals surface area contributed by atoms with Crippen molar-refractivity contribution in [2.75, 3.05) is 0 Å². The Morgan fingerprint density at radius 3 is 2.42 bits per heavy atom. The number of unbranched alkanes of at least 4 members (excludes halogenated alkanes) is 1. The van der Waals surface area contributed by atoms with Crippen LogP contribution in [0.2, 0.25) is 0 Å². The fourth-order valence-corrected chi connectivity index (χ4v) is 2.78. The topological polar surface area (TPSA) is 0 Å². The van der Waals surface area contributed by atoms with Crippen LogP contribution >= 0.6 is 0 Å². The zero-order valence-electron chi connectivity index (χ0n) is 9.19. The van der Waals surface area contributed by atoms with Crippen molar-refractivity contribution < 1.29 is 0 Å². The van der Waals surface area contributed by atoms with Gasteiger partial charge in [0.1, 0.15) is 0 Å². The molecular weight excluding hydrogens is 144 g/mol. The van der Waals surface area contributed by atoms with Crippen LogP contribution < -0.4 is 0 Å². The van der Waals surface area contributed by atoms with Crippen LogP contribution in [-0.4, -0.2) is 0 Å². The molecule has 1 aliphatic carbocycles. The molecule has 0 aromatic heterocycles. The van der Waals surface area contributed by atoms with E-state index in [0.29, 0.717) is 5.41 Å². The van der Waals surface area contributed by atoms with Gasteiger partial charge in [0, 0.05) is 0 Å². The van der Waals surface area contributed by atoms with E-state index in [1.54, 1.807) is 0 Å². The molecule has 1 fully saturated rings. The van der Waals surface area contributed by atoms with Crippen LogP contribution in [-0.2, 0) is 0 Å². The zero-order chi connectivity index (χ0) is 9.19. The molecule has 0 heterocycles. The van der Waals surface area contributed by atoms with Crippen molar-refractivity contribution >= 4 is 0 Å². The van der Waals surface area contributed by atoms with Crippen molar-refractivity contribution in [3.05, 3.63) is 0 Å². The molecule has 0 aromatic rings. The van der Waals surface area contributed by atoms with Crippen molar-refractivity contribution in [2.45, 2.75) is 59.8 Å². The van der Waals surface area contributed by atoms with Crippen LogP contribution in [0, 0.1) is 17.3 Å². The van der Waals surface area contributed by atoms with Gasteiger partial charge in [-0.3, -0.25) is 0 Å². The van der Waals surface area contributed by atoms with E-state index in [9.17, 15) is 0 Å². The lowest BCUT2D eigenvalue weighted by atomic mass is 9.53. The molecule has 0 aliphatic heterocycles. The summed E-state index contributed by atoms with van der Waals surface area (Å²) >= 11 is 0. The highest BCUT2D eigenvalue weighted by Crippen LogP contribution is 2.54. The van der Waals surface area contributed by atoms with E-state index in [0.717, 1.165) is 11.8 Å². The van der Waals surface area contributed by atoms with Crippen LogP contribution in [0.15, 0.2) is 0 Å². The number of hydrogen-bond donors (Lipinski definition) is 0. The van der Waals surface area contributed by atoms with Gasteiger partial charge in [-0.05, 0) is 30.1 Å². The Morgan fingerprint density at radius 2 is 2.00 bits per heavy atom. The van der Waals surface area contributed by atoms with Gasteiger partial charge >= 0.3 is 0 Å². The predicted octanol–water partition coefficient (Wildman–Crippen LogP) is 4.25. The molecule has 0 nitrogen and oxygen atoms in total. The van der Waals surface area contributed by atoms with Gasteiger partial charge in [0.05, 0.1) is 0 Å². The minimum Gasteiger partial charge on any atom is -0.0654 e. The first-order chi connectivity index (χ1) is 5.64. The molecule has 0 amide bonds. The van der Waals surface area contributed by atoms with E-state index in [-0.39, 0.29) is 0 Å². The smallest absolute Gasteiger partial charge is 0.0295 e. The Morgan fingerprint density at radius 1 is 1.33 bits per heavy atom. The summed E-state index contributed by atoms with van der Waals surface area (Å²) in [5.74, 6) is 2.01. The Kier molecular flexibility index (Phi) is 3.20. The molecule has 0 heteroatoms. The van der Waals surface area contributed by atoms with Crippen molar-refractivity contribution in [3.8, 4) is 0 Å². The minimum absolute atomic E-state index is 0.705. The Labute approximate surface area is 77.7 Å². The minimum atomic E-state index is 0.705. The summed E-state index contributed by atoms with van der Waals surface area (Å²) in [5.41, 5.74) is 0.705. The molecule has 0 bridgehead atoms. The molecule has 1 saturated carbocycles. The molecular formula is C12H24. The molecule has 0 N–H and O–H groups in total. The van der Waals surface area contributed by atoms with E-state index < -0.39 is 0 Å². The SMILES string of the molecule is CCCCC1(C)CC(CC)C1C. The third-order valence-electron chi connectivity index (χ3n) is 4.16. The molecule has 0 radical (unpaired) electrons. The summed E-state index contributed by atoms with van der Waals surface area (Å²) in [4.78, 5) is 0. The lowest BCUT2D eigenvalue weighted by molar-refractivity contribution is -0.0254. The van der Waals surface area contributed by atoms with Gasteiger partial charge in [-0.25, -0.2) is 0 Å². The third kappa shape index (κ3) is 1.67. The molecule has 12 heavy (non-hydrogen) atoms. The second kappa shape index (κ2) is 3.81. The number of rotatable bonds is 4. The van der Waals surface area contributed by atoms with Crippen molar-refractivity contribution in [3.63, 3.8) is 0 Å². The van der Waals surface area contributed by atoms with E-state index in [4.69, 9.17) is 0 Å². The van der Waals surface area contributed by atoms with Crippen LogP contribution in [0.4, 0.5) is 0 Å². The maximum Gasteiger partial charge on any atom is -0.0295 e. The summed E-state index contributed by atoms with van der Waals surface area (Å²) < 4.78 is 0. The Bertz CT molecular complexity index is 135. The second-order valence-corrected chi connectivity index (χ2v) is 4.92. The van der Waals surface area contributed by atoms with Crippen LogP contribution in [0.3, 0.4) is 0 Å². The molecule has 0 saturated heterocycles. The Balaban J connectivity index is 2.33. The van der Waals surface area contributed by atoms with Crippen molar-refractivity contribution in [1.29, 1.82) is 0 Å². The number of hydrogen-bond acceptors (Lipinski definition) is 0. The molecule has 72 valence electrons. The van der Waals surface area contributed by atoms with Crippen molar-refractivity contribution in [2.24, 2.45) is 17.3 Å². The average molecular weight is 168 g/mol. The fourth-order valence-electron chi connectivity index (χ4n) is 2.78. The third-order valence-corrected chi connectivity index (χ3v) is 4.16.